The molecule has 0 saturated carbocycles. The Morgan fingerprint density at radius 1 is 1.04 bits per heavy atom. The number of benzene rings is 1. The molecular formula is C18H21N5O2. The van der Waals surface area contributed by atoms with Crippen molar-refractivity contribution in [3.05, 3.63) is 53.4 Å². The maximum atomic E-state index is 12.9. The van der Waals surface area contributed by atoms with Gasteiger partial charge in [-0.15, -0.1) is 5.10 Å². The van der Waals surface area contributed by atoms with Crippen LogP contribution in [0, 0.1) is 6.92 Å². The first-order valence-electron chi connectivity index (χ1n) is 8.25. The molecule has 130 valence electrons. The predicted octanol–water partition coefficient (Wildman–Crippen LogP) is 2.13. The lowest BCUT2D eigenvalue weighted by Gasteiger charge is -2.26. The largest absolute Gasteiger partial charge is 0.294 e. The number of nitrogens with zero attached hydrogens (tertiary/aromatic N) is 5. The summed E-state index contributed by atoms with van der Waals surface area (Å²) in [5.41, 5.74) is 2.48. The molecule has 0 unspecified atom stereocenters. The molecule has 7 heteroatoms. The summed E-state index contributed by atoms with van der Waals surface area (Å²) in [6, 6.07) is 9.41. The zero-order valence-electron chi connectivity index (χ0n) is 14.6. The third-order valence-electron chi connectivity index (χ3n) is 3.90. The maximum absolute atomic E-state index is 12.9. The Balaban J connectivity index is 1.87. The highest BCUT2D eigenvalue weighted by atomic mass is 16.2. The number of rotatable bonds is 3. The summed E-state index contributed by atoms with van der Waals surface area (Å²) in [5.74, 6) is -0.480. The van der Waals surface area contributed by atoms with Crippen molar-refractivity contribution in [1.82, 2.24) is 25.0 Å². The Hall–Kier alpha value is -2.96. The van der Waals surface area contributed by atoms with Gasteiger partial charge in [-0.2, -0.15) is 9.90 Å². The summed E-state index contributed by atoms with van der Waals surface area (Å²) in [6.45, 7) is 6.49. The fourth-order valence-corrected chi connectivity index (χ4v) is 2.75. The van der Waals surface area contributed by atoms with Crippen LogP contribution < -0.4 is 0 Å². The van der Waals surface area contributed by atoms with Gasteiger partial charge in [-0.25, -0.2) is 10.0 Å². The van der Waals surface area contributed by atoms with Crippen LogP contribution in [0.15, 0.2) is 42.0 Å². The number of hydrogen-bond acceptors (Lipinski definition) is 4. The van der Waals surface area contributed by atoms with E-state index < -0.39 is 0 Å². The van der Waals surface area contributed by atoms with Gasteiger partial charge >= 0.3 is 0 Å². The number of aryl methyl sites for hydroxylation is 1. The molecule has 7 nitrogen and oxygen atoms in total. The van der Waals surface area contributed by atoms with Crippen LogP contribution in [-0.2, 0) is 4.79 Å². The van der Waals surface area contributed by atoms with Crippen LogP contribution in [0.1, 0.15) is 36.5 Å². The van der Waals surface area contributed by atoms with Crippen LogP contribution in [0.25, 0.3) is 5.69 Å². The average molecular weight is 339 g/mol. The standard InChI is InChI=1S/C18H21N5O2/c1-13(2)12-16(24)21-10-7-11-22(21)18(25)17-14(3)19-23(20-17)15-8-5-4-6-9-15/h4-6,8-9,12H,7,10-11H2,1-3H3. The molecule has 1 aliphatic rings. The molecule has 0 N–H and O–H groups in total. The first-order chi connectivity index (χ1) is 12.0. The summed E-state index contributed by atoms with van der Waals surface area (Å²) in [7, 11) is 0. The van der Waals surface area contributed by atoms with Gasteiger partial charge in [-0.3, -0.25) is 9.59 Å². The molecule has 1 saturated heterocycles. The second-order valence-corrected chi connectivity index (χ2v) is 6.22. The quantitative estimate of drug-likeness (QED) is 0.803. The molecule has 0 atom stereocenters. The monoisotopic (exact) mass is 339 g/mol. The van der Waals surface area contributed by atoms with Gasteiger partial charge in [0.2, 0.25) is 0 Å². The van der Waals surface area contributed by atoms with Crippen molar-refractivity contribution in [3.63, 3.8) is 0 Å². The molecule has 25 heavy (non-hydrogen) atoms. The van der Waals surface area contributed by atoms with Crippen LogP contribution >= 0.6 is 0 Å². The molecule has 0 spiro atoms. The number of hydrazine groups is 1. The van der Waals surface area contributed by atoms with E-state index in [1.807, 2.05) is 44.2 Å². The van der Waals surface area contributed by atoms with Gasteiger partial charge in [0.05, 0.1) is 11.4 Å². The van der Waals surface area contributed by atoms with E-state index in [1.54, 1.807) is 13.0 Å². The fraction of sp³-hybridized carbons (Fsp3) is 0.333. The van der Waals surface area contributed by atoms with Gasteiger partial charge in [0.25, 0.3) is 11.8 Å². The number of hydrogen-bond donors (Lipinski definition) is 0. The third kappa shape index (κ3) is 3.45. The van der Waals surface area contributed by atoms with Crippen LogP contribution in [0.5, 0.6) is 0 Å². The summed E-state index contributed by atoms with van der Waals surface area (Å²) in [6.07, 6.45) is 2.29. The number of para-hydroxylation sites is 1. The van der Waals surface area contributed by atoms with E-state index >= 15 is 0 Å². The lowest BCUT2D eigenvalue weighted by molar-refractivity contribution is -0.135. The first-order valence-corrected chi connectivity index (χ1v) is 8.25. The second kappa shape index (κ2) is 6.88. The molecule has 2 heterocycles. The first kappa shape index (κ1) is 16.9. The van der Waals surface area contributed by atoms with Crippen molar-refractivity contribution in [2.75, 3.05) is 13.1 Å². The highest BCUT2D eigenvalue weighted by Gasteiger charge is 2.33. The van der Waals surface area contributed by atoms with E-state index in [2.05, 4.69) is 10.2 Å². The van der Waals surface area contributed by atoms with E-state index in [9.17, 15) is 9.59 Å². The van der Waals surface area contributed by atoms with Gasteiger partial charge in [-0.05, 0) is 39.3 Å². The van der Waals surface area contributed by atoms with Crippen LogP contribution in [0.2, 0.25) is 0 Å². The fourth-order valence-electron chi connectivity index (χ4n) is 2.75. The molecule has 1 aliphatic heterocycles. The van der Waals surface area contributed by atoms with E-state index in [-0.39, 0.29) is 17.5 Å². The van der Waals surface area contributed by atoms with Crippen molar-refractivity contribution >= 4 is 11.8 Å². The SMILES string of the molecule is CC(C)=CC(=O)N1CCCN1C(=O)c1nn(-c2ccccc2)nc1C. The Bertz CT molecular complexity index is 821. The average Bonchev–Trinajstić information content (AvgIpc) is 3.21. The molecule has 1 aromatic carbocycles. The van der Waals surface area contributed by atoms with Crippen LogP contribution in [-0.4, -0.2) is 49.9 Å². The normalized spacial score (nSPS) is 13.9. The zero-order chi connectivity index (χ0) is 18.0. The summed E-state index contributed by atoms with van der Waals surface area (Å²) in [5, 5.41) is 11.6. The van der Waals surface area contributed by atoms with E-state index in [4.69, 9.17) is 0 Å². The molecule has 0 bridgehead atoms. The van der Waals surface area contributed by atoms with Crippen molar-refractivity contribution in [2.24, 2.45) is 0 Å². The number of allylic oxidation sites excluding steroid dienone is 1. The summed E-state index contributed by atoms with van der Waals surface area (Å²) >= 11 is 0. The maximum Gasteiger partial charge on any atom is 0.294 e. The Labute approximate surface area is 146 Å². The smallest absolute Gasteiger partial charge is 0.268 e. The van der Waals surface area contributed by atoms with Crippen molar-refractivity contribution in [1.29, 1.82) is 0 Å². The Morgan fingerprint density at radius 2 is 1.72 bits per heavy atom. The highest BCUT2D eigenvalue weighted by molar-refractivity contribution is 5.96. The topological polar surface area (TPSA) is 71.3 Å². The number of carbonyl (C=O) groups excluding carboxylic acids is 2. The van der Waals surface area contributed by atoms with E-state index in [0.717, 1.165) is 17.7 Å². The molecule has 1 aromatic heterocycles. The summed E-state index contributed by atoms with van der Waals surface area (Å²) < 4.78 is 0. The van der Waals surface area contributed by atoms with Gasteiger partial charge in [0.1, 0.15) is 0 Å². The molecular weight excluding hydrogens is 318 g/mol. The number of aromatic nitrogens is 3. The van der Waals surface area contributed by atoms with Gasteiger partial charge in [0.15, 0.2) is 5.69 Å². The van der Waals surface area contributed by atoms with E-state index in [1.165, 1.54) is 14.8 Å². The summed E-state index contributed by atoms with van der Waals surface area (Å²) in [4.78, 5) is 26.7. The van der Waals surface area contributed by atoms with Crippen LogP contribution in [0.3, 0.4) is 0 Å². The Kier molecular flexibility index (Phi) is 4.65. The minimum atomic E-state index is -0.298. The predicted molar refractivity (Wildman–Crippen MR) is 92.9 cm³/mol. The van der Waals surface area contributed by atoms with Crippen molar-refractivity contribution in [3.8, 4) is 5.69 Å². The lowest BCUT2D eigenvalue weighted by atomic mass is 10.3. The number of amides is 2. The molecule has 2 amide bonds. The molecule has 3 rings (SSSR count). The lowest BCUT2D eigenvalue weighted by Crippen LogP contribution is -2.44. The third-order valence-corrected chi connectivity index (χ3v) is 3.90. The van der Waals surface area contributed by atoms with Crippen molar-refractivity contribution in [2.45, 2.75) is 27.2 Å². The van der Waals surface area contributed by atoms with Crippen molar-refractivity contribution < 1.29 is 9.59 Å². The van der Waals surface area contributed by atoms with Gasteiger partial charge in [-0.1, -0.05) is 23.8 Å². The van der Waals surface area contributed by atoms with Gasteiger partial charge < -0.3 is 0 Å². The molecule has 1 fully saturated rings. The Morgan fingerprint density at radius 3 is 2.40 bits per heavy atom. The minimum absolute atomic E-state index is 0.182. The number of carbonyl (C=O) groups is 2. The molecule has 0 aliphatic carbocycles. The van der Waals surface area contributed by atoms with Gasteiger partial charge in [0, 0.05) is 19.2 Å². The minimum Gasteiger partial charge on any atom is -0.268 e. The molecule has 2 aromatic rings. The highest BCUT2D eigenvalue weighted by Crippen LogP contribution is 2.17. The molecule has 0 radical (unpaired) electrons. The van der Waals surface area contributed by atoms with Crippen LogP contribution in [0.4, 0.5) is 0 Å². The van der Waals surface area contributed by atoms with E-state index in [0.29, 0.717) is 18.8 Å². The zero-order valence-corrected chi connectivity index (χ0v) is 14.6. The second-order valence-electron chi connectivity index (χ2n) is 6.22.